The summed E-state index contributed by atoms with van der Waals surface area (Å²) in [5.41, 5.74) is 7.04. The van der Waals surface area contributed by atoms with Crippen molar-refractivity contribution in [2.75, 3.05) is 0 Å². The van der Waals surface area contributed by atoms with Crippen LogP contribution in [0.15, 0.2) is 83.6 Å². The predicted molar refractivity (Wildman–Crippen MR) is 151 cm³/mol. The van der Waals surface area contributed by atoms with Crippen molar-refractivity contribution in [2.24, 2.45) is 4.99 Å². The molecule has 1 amide bonds. The van der Waals surface area contributed by atoms with Gasteiger partial charge in [0.2, 0.25) is 5.91 Å². The molecule has 2 heterocycles. The molecule has 0 unspecified atom stereocenters. The third-order valence-corrected chi connectivity index (χ3v) is 6.18. The van der Waals surface area contributed by atoms with Gasteiger partial charge in [-0.3, -0.25) is 14.9 Å². The number of fused-ring (bicyclic) bond motifs is 2. The smallest absolute Gasteiger partial charge is 0.224 e. The number of aromatic amines is 2. The molecule has 38 heavy (non-hydrogen) atoms. The zero-order valence-corrected chi connectivity index (χ0v) is 21.2. The van der Waals surface area contributed by atoms with Crippen LogP contribution < -0.4 is 5.32 Å². The molecule has 5 rings (SSSR count). The zero-order valence-electron chi connectivity index (χ0n) is 21.2. The van der Waals surface area contributed by atoms with Crippen LogP contribution in [-0.4, -0.2) is 32.8 Å². The first-order chi connectivity index (χ1) is 18.5. The average Bonchev–Trinajstić information content (AvgIpc) is 3.52. The minimum atomic E-state index is -0.298. The Balaban J connectivity index is 1.56. The van der Waals surface area contributed by atoms with E-state index in [9.17, 15) is 9.18 Å². The minimum Gasteiger partial charge on any atom is -0.337 e. The largest absolute Gasteiger partial charge is 0.337 e. The lowest BCUT2D eigenvalue weighted by Crippen LogP contribution is -2.20. The average molecular weight is 507 g/mol. The maximum atomic E-state index is 13.9. The summed E-state index contributed by atoms with van der Waals surface area (Å²) in [7, 11) is 0. The molecule has 0 bridgehead atoms. The highest BCUT2D eigenvalue weighted by atomic mass is 19.1. The SMILES string of the molecule is C=NC=C(C=C(C)NC(=O)CCC)c1ccc2[nH]nc(-c3nc4c(-c5cccc(F)c5)cccc4[nH]3)c2c1. The Morgan fingerprint density at radius 3 is 2.76 bits per heavy atom. The van der Waals surface area contributed by atoms with Crippen LogP contribution in [0.25, 0.3) is 50.2 Å². The molecule has 0 spiro atoms. The van der Waals surface area contributed by atoms with E-state index < -0.39 is 0 Å². The molecule has 0 radical (unpaired) electrons. The summed E-state index contributed by atoms with van der Waals surface area (Å²) in [6.07, 6.45) is 4.77. The van der Waals surface area contributed by atoms with E-state index in [-0.39, 0.29) is 11.7 Å². The minimum absolute atomic E-state index is 0.0257. The van der Waals surface area contributed by atoms with E-state index in [0.717, 1.165) is 50.6 Å². The van der Waals surface area contributed by atoms with Crippen LogP contribution in [0, 0.1) is 5.82 Å². The number of imidazole rings is 1. The molecule has 190 valence electrons. The second kappa shape index (κ2) is 10.6. The molecule has 8 heteroatoms. The number of hydrogen-bond donors (Lipinski definition) is 3. The third kappa shape index (κ3) is 5.01. The maximum Gasteiger partial charge on any atom is 0.224 e. The molecule has 0 aliphatic heterocycles. The lowest BCUT2D eigenvalue weighted by Gasteiger charge is -2.07. The Hall–Kier alpha value is -4.85. The van der Waals surface area contributed by atoms with Crippen molar-refractivity contribution in [3.05, 3.63) is 90.0 Å². The molecule has 3 aromatic carbocycles. The third-order valence-electron chi connectivity index (χ3n) is 6.18. The Bertz CT molecular complexity index is 1730. The molecule has 3 N–H and O–H groups in total. The molecule has 0 aliphatic carbocycles. The van der Waals surface area contributed by atoms with Gasteiger partial charge in [0.15, 0.2) is 5.82 Å². The number of para-hydroxylation sites is 1. The number of benzene rings is 3. The first-order valence-corrected chi connectivity index (χ1v) is 12.3. The van der Waals surface area contributed by atoms with E-state index >= 15 is 0 Å². The Morgan fingerprint density at radius 2 is 1.97 bits per heavy atom. The number of nitrogens with one attached hydrogen (secondary N) is 3. The van der Waals surface area contributed by atoms with E-state index in [1.165, 1.54) is 12.1 Å². The lowest BCUT2D eigenvalue weighted by atomic mass is 10.0. The number of rotatable bonds is 8. The van der Waals surface area contributed by atoms with Crippen molar-refractivity contribution in [3.63, 3.8) is 0 Å². The molecule has 5 aromatic rings. The molecule has 0 aliphatic rings. The van der Waals surface area contributed by atoms with Crippen molar-refractivity contribution >= 4 is 40.1 Å². The maximum absolute atomic E-state index is 13.9. The Labute approximate surface area is 219 Å². The summed E-state index contributed by atoms with van der Waals surface area (Å²) in [6.45, 7) is 7.41. The highest BCUT2D eigenvalue weighted by Gasteiger charge is 2.16. The summed E-state index contributed by atoms with van der Waals surface area (Å²) < 4.78 is 13.9. The fourth-order valence-electron chi connectivity index (χ4n) is 4.48. The number of halogens is 1. The fourth-order valence-corrected chi connectivity index (χ4v) is 4.48. The Kier molecular flexibility index (Phi) is 6.95. The number of carbonyl (C=O) groups is 1. The van der Waals surface area contributed by atoms with Crippen LogP contribution in [0.2, 0.25) is 0 Å². The zero-order chi connectivity index (χ0) is 26.6. The fraction of sp³-hybridized carbons (Fsp3) is 0.133. The van der Waals surface area contributed by atoms with Crippen LogP contribution in [0.5, 0.6) is 0 Å². The van der Waals surface area contributed by atoms with E-state index in [0.29, 0.717) is 23.6 Å². The van der Waals surface area contributed by atoms with Crippen molar-refractivity contribution in [3.8, 4) is 22.6 Å². The number of nitrogens with zero attached hydrogens (tertiary/aromatic N) is 3. The predicted octanol–water partition coefficient (Wildman–Crippen LogP) is 6.77. The number of hydrogen-bond acceptors (Lipinski definition) is 4. The van der Waals surface area contributed by atoms with Gasteiger partial charge >= 0.3 is 0 Å². The molecule has 0 fully saturated rings. The summed E-state index contributed by atoms with van der Waals surface area (Å²) in [4.78, 5) is 24.2. The second-order valence-corrected chi connectivity index (χ2v) is 9.02. The molecule has 0 saturated carbocycles. The van der Waals surface area contributed by atoms with Gasteiger partial charge < -0.3 is 10.3 Å². The summed E-state index contributed by atoms with van der Waals surface area (Å²) >= 11 is 0. The number of carbonyl (C=O) groups excluding carboxylic acids is 1. The van der Waals surface area contributed by atoms with Gasteiger partial charge in [-0.1, -0.05) is 37.3 Å². The molecule has 2 aromatic heterocycles. The number of allylic oxidation sites excluding steroid dienone is 3. The summed E-state index contributed by atoms with van der Waals surface area (Å²) in [5.74, 6) is 0.272. The number of aliphatic imine (C=N–C) groups is 1. The number of amides is 1. The van der Waals surface area contributed by atoms with Crippen molar-refractivity contribution in [1.82, 2.24) is 25.5 Å². The van der Waals surface area contributed by atoms with E-state index in [4.69, 9.17) is 4.98 Å². The number of aromatic nitrogens is 4. The standard InChI is InChI=1S/C30H27FN6O/c1-4-7-27(38)33-18(2)14-21(17-32-3)19-12-13-25-24(16-19)29(37-36-25)30-34-26-11-6-10-23(28(26)35-30)20-8-5-9-22(31)15-20/h5-6,8-17H,3-4,7H2,1-2H3,(H,33,38)(H,34,35)(H,36,37). The van der Waals surface area contributed by atoms with E-state index in [2.05, 4.69) is 32.2 Å². The first kappa shape index (κ1) is 24.8. The van der Waals surface area contributed by atoms with Gasteiger partial charge in [0.25, 0.3) is 0 Å². The molecular weight excluding hydrogens is 479 g/mol. The van der Waals surface area contributed by atoms with E-state index in [1.54, 1.807) is 12.3 Å². The monoisotopic (exact) mass is 506 g/mol. The number of H-pyrrole nitrogens is 2. The molecule has 0 saturated heterocycles. The van der Waals surface area contributed by atoms with Crippen LogP contribution in [0.3, 0.4) is 0 Å². The van der Waals surface area contributed by atoms with Gasteiger partial charge in [0, 0.05) is 34.8 Å². The summed E-state index contributed by atoms with van der Waals surface area (Å²) in [6, 6.07) is 18.2. The summed E-state index contributed by atoms with van der Waals surface area (Å²) in [5, 5.41) is 11.4. The van der Waals surface area contributed by atoms with Gasteiger partial charge in [0.1, 0.15) is 11.5 Å². The molecule has 0 atom stereocenters. The van der Waals surface area contributed by atoms with Crippen molar-refractivity contribution < 1.29 is 9.18 Å². The highest BCUT2D eigenvalue weighted by molar-refractivity contribution is 5.98. The molecular formula is C30H27FN6O. The van der Waals surface area contributed by atoms with Crippen molar-refractivity contribution in [2.45, 2.75) is 26.7 Å². The van der Waals surface area contributed by atoms with Crippen LogP contribution in [0.4, 0.5) is 4.39 Å². The highest BCUT2D eigenvalue weighted by Crippen LogP contribution is 2.33. The quantitative estimate of drug-likeness (QED) is 0.160. The van der Waals surface area contributed by atoms with Crippen molar-refractivity contribution in [1.29, 1.82) is 0 Å². The Morgan fingerprint density at radius 1 is 1.13 bits per heavy atom. The van der Waals surface area contributed by atoms with E-state index in [1.807, 2.05) is 62.4 Å². The molecule has 7 nitrogen and oxygen atoms in total. The van der Waals surface area contributed by atoms with Gasteiger partial charge in [-0.15, -0.1) is 0 Å². The second-order valence-electron chi connectivity index (χ2n) is 9.02. The lowest BCUT2D eigenvalue weighted by molar-refractivity contribution is -0.120. The van der Waals surface area contributed by atoms with Gasteiger partial charge in [0.05, 0.1) is 16.6 Å². The van der Waals surface area contributed by atoms with Gasteiger partial charge in [-0.25, -0.2) is 9.37 Å². The van der Waals surface area contributed by atoms with Crippen LogP contribution in [-0.2, 0) is 4.79 Å². The van der Waals surface area contributed by atoms with Crippen LogP contribution in [0.1, 0.15) is 32.3 Å². The van der Waals surface area contributed by atoms with Gasteiger partial charge in [-0.05, 0) is 67.6 Å². The van der Waals surface area contributed by atoms with Gasteiger partial charge in [-0.2, -0.15) is 5.10 Å². The topological polar surface area (TPSA) is 98.8 Å². The first-order valence-electron chi connectivity index (χ1n) is 12.3. The van der Waals surface area contributed by atoms with Crippen LogP contribution >= 0.6 is 0 Å². The normalized spacial score (nSPS) is 12.3.